The molecule has 0 aliphatic rings. The third kappa shape index (κ3) is 5.38. The smallest absolute Gasteiger partial charge is 0.267 e. The van der Waals surface area contributed by atoms with Crippen molar-refractivity contribution in [3.05, 3.63) is 0 Å². The van der Waals surface area contributed by atoms with Crippen LogP contribution in [0.4, 0.5) is 17.6 Å². The van der Waals surface area contributed by atoms with Gasteiger partial charge in [-0.1, -0.05) is 0 Å². The molecule has 0 saturated heterocycles. The monoisotopic (exact) mass is 238 g/mol. The zero-order chi connectivity index (χ0) is 11.4. The second-order valence-corrected chi connectivity index (χ2v) is 4.20. The summed E-state index contributed by atoms with van der Waals surface area (Å²) < 4.78 is 77.5. The van der Waals surface area contributed by atoms with Crippen LogP contribution < -0.4 is 0 Å². The fraction of sp³-hybridized carbons (Fsp3) is 1.00. The number of halogens is 4. The van der Waals surface area contributed by atoms with Crippen LogP contribution in [-0.2, 0) is 10.1 Å². The van der Waals surface area contributed by atoms with Crippen molar-refractivity contribution in [2.45, 2.75) is 24.9 Å². The minimum absolute atomic E-state index is 0.840. The molecule has 8 heteroatoms. The van der Waals surface area contributed by atoms with E-state index in [-0.39, 0.29) is 0 Å². The molecule has 86 valence electrons. The minimum Gasteiger partial charge on any atom is -0.285 e. The van der Waals surface area contributed by atoms with Crippen molar-refractivity contribution < 1.29 is 30.5 Å². The third-order valence-electron chi connectivity index (χ3n) is 1.45. The first-order valence-electron chi connectivity index (χ1n) is 3.71. The average molecular weight is 238 g/mol. The summed E-state index contributed by atoms with van der Waals surface area (Å²) in [6.45, 7) is -1.17. The summed E-state index contributed by atoms with van der Waals surface area (Å²) in [5, 5.41) is 0. The SMILES string of the molecule is O=S(=O)(O)CC(F)C(F)C(F)CCF. The van der Waals surface area contributed by atoms with Crippen LogP contribution in [0, 0.1) is 0 Å². The molecule has 0 aromatic rings. The van der Waals surface area contributed by atoms with Gasteiger partial charge in [0.15, 0.2) is 12.3 Å². The van der Waals surface area contributed by atoms with Gasteiger partial charge in [-0.3, -0.25) is 8.94 Å². The van der Waals surface area contributed by atoms with Gasteiger partial charge in [-0.25, -0.2) is 13.2 Å². The first kappa shape index (κ1) is 13.6. The van der Waals surface area contributed by atoms with Gasteiger partial charge in [0, 0.05) is 6.42 Å². The molecule has 0 aromatic carbocycles. The highest BCUT2D eigenvalue weighted by Crippen LogP contribution is 2.16. The van der Waals surface area contributed by atoms with Crippen LogP contribution in [0.2, 0.25) is 0 Å². The zero-order valence-corrected chi connectivity index (χ0v) is 7.85. The quantitative estimate of drug-likeness (QED) is 0.559. The standard InChI is InChI=1S/C6H10F4O3S/c7-2-1-4(8)6(10)5(9)3-14(11,12)13/h4-6H,1-3H2,(H,11,12,13). The highest BCUT2D eigenvalue weighted by atomic mass is 32.2. The first-order chi connectivity index (χ1) is 6.28. The Hall–Kier alpha value is -0.370. The molecule has 14 heavy (non-hydrogen) atoms. The highest BCUT2D eigenvalue weighted by Gasteiger charge is 2.32. The van der Waals surface area contributed by atoms with Crippen LogP contribution in [0.25, 0.3) is 0 Å². The Labute approximate surface area is 78.9 Å². The van der Waals surface area contributed by atoms with Gasteiger partial charge >= 0.3 is 0 Å². The van der Waals surface area contributed by atoms with E-state index in [9.17, 15) is 26.0 Å². The Bertz CT molecular complexity index is 256. The van der Waals surface area contributed by atoms with Crippen LogP contribution in [0.3, 0.4) is 0 Å². The molecule has 0 spiro atoms. The molecular formula is C6H10F4O3S. The molecule has 0 aliphatic heterocycles. The van der Waals surface area contributed by atoms with Crippen molar-refractivity contribution in [2.75, 3.05) is 12.4 Å². The summed E-state index contributed by atoms with van der Waals surface area (Å²) in [6.07, 6.45) is -8.68. The molecule has 0 aromatic heterocycles. The van der Waals surface area contributed by atoms with Crippen molar-refractivity contribution >= 4 is 10.1 Å². The van der Waals surface area contributed by atoms with E-state index in [0.29, 0.717) is 0 Å². The van der Waals surface area contributed by atoms with E-state index >= 15 is 0 Å². The topological polar surface area (TPSA) is 54.4 Å². The Morgan fingerprint density at radius 1 is 1.14 bits per heavy atom. The van der Waals surface area contributed by atoms with Gasteiger partial charge < -0.3 is 0 Å². The van der Waals surface area contributed by atoms with Crippen molar-refractivity contribution in [2.24, 2.45) is 0 Å². The summed E-state index contributed by atoms with van der Waals surface area (Å²) in [4.78, 5) is 0. The molecule has 0 heterocycles. The molecule has 0 fully saturated rings. The molecule has 1 N–H and O–H groups in total. The maximum Gasteiger partial charge on any atom is 0.267 e. The Morgan fingerprint density at radius 3 is 2.00 bits per heavy atom. The molecule has 0 radical (unpaired) electrons. The van der Waals surface area contributed by atoms with Crippen LogP contribution in [0.5, 0.6) is 0 Å². The van der Waals surface area contributed by atoms with Crippen LogP contribution in [0.15, 0.2) is 0 Å². The van der Waals surface area contributed by atoms with Crippen molar-refractivity contribution in [1.82, 2.24) is 0 Å². The molecule has 0 aliphatic carbocycles. The Balaban J connectivity index is 4.18. The van der Waals surface area contributed by atoms with Gasteiger partial charge in [0.2, 0.25) is 0 Å². The van der Waals surface area contributed by atoms with E-state index in [1.54, 1.807) is 0 Å². The van der Waals surface area contributed by atoms with Crippen LogP contribution in [-0.4, -0.2) is 43.9 Å². The van der Waals surface area contributed by atoms with Crippen molar-refractivity contribution in [3.8, 4) is 0 Å². The average Bonchev–Trinajstić information content (AvgIpc) is 2.00. The lowest BCUT2D eigenvalue weighted by Crippen LogP contribution is -2.33. The van der Waals surface area contributed by atoms with Crippen LogP contribution >= 0.6 is 0 Å². The maximum atomic E-state index is 12.6. The summed E-state index contributed by atoms with van der Waals surface area (Å²) >= 11 is 0. The van der Waals surface area contributed by atoms with E-state index in [1.807, 2.05) is 0 Å². The Kier molecular flexibility index (Phi) is 5.35. The van der Waals surface area contributed by atoms with Gasteiger partial charge in [-0.2, -0.15) is 8.42 Å². The van der Waals surface area contributed by atoms with E-state index in [4.69, 9.17) is 4.55 Å². The molecule has 0 amide bonds. The van der Waals surface area contributed by atoms with Gasteiger partial charge in [-0.05, 0) is 0 Å². The minimum atomic E-state index is -4.69. The van der Waals surface area contributed by atoms with Crippen molar-refractivity contribution in [3.63, 3.8) is 0 Å². The summed E-state index contributed by atoms with van der Waals surface area (Å²) in [6, 6.07) is 0. The predicted octanol–water partition coefficient (Wildman–Crippen LogP) is 1.25. The van der Waals surface area contributed by atoms with E-state index < -0.39 is 47.5 Å². The van der Waals surface area contributed by atoms with Crippen LogP contribution in [0.1, 0.15) is 6.42 Å². The van der Waals surface area contributed by atoms with Gasteiger partial charge in [0.1, 0.15) is 11.9 Å². The van der Waals surface area contributed by atoms with Gasteiger partial charge in [-0.15, -0.1) is 0 Å². The van der Waals surface area contributed by atoms with E-state index in [1.165, 1.54) is 0 Å². The summed E-state index contributed by atoms with van der Waals surface area (Å²) in [5.41, 5.74) is 0. The molecule has 3 nitrogen and oxygen atoms in total. The number of hydrogen-bond donors (Lipinski definition) is 1. The lowest BCUT2D eigenvalue weighted by atomic mass is 10.1. The fourth-order valence-corrected chi connectivity index (χ4v) is 1.37. The molecular weight excluding hydrogens is 228 g/mol. The third-order valence-corrected chi connectivity index (χ3v) is 2.19. The molecule has 0 bridgehead atoms. The lowest BCUT2D eigenvalue weighted by molar-refractivity contribution is 0.0827. The Morgan fingerprint density at radius 2 is 1.64 bits per heavy atom. The van der Waals surface area contributed by atoms with Gasteiger partial charge in [0.05, 0.1) is 6.67 Å². The van der Waals surface area contributed by atoms with E-state index in [2.05, 4.69) is 0 Å². The van der Waals surface area contributed by atoms with Gasteiger partial charge in [0.25, 0.3) is 10.1 Å². The maximum absolute atomic E-state index is 12.6. The first-order valence-corrected chi connectivity index (χ1v) is 5.32. The fourth-order valence-electron chi connectivity index (χ4n) is 0.783. The highest BCUT2D eigenvalue weighted by molar-refractivity contribution is 7.85. The molecule has 0 saturated carbocycles. The normalized spacial score (nSPS) is 18.9. The summed E-state index contributed by atoms with van der Waals surface area (Å²) in [5.74, 6) is -1.53. The zero-order valence-electron chi connectivity index (χ0n) is 7.04. The number of hydrogen-bond acceptors (Lipinski definition) is 2. The lowest BCUT2D eigenvalue weighted by Gasteiger charge is -2.15. The largest absolute Gasteiger partial charge is 0.285 e. The molecule has 3 atom stereocenters. The second-order valence-electron chi connectivity index (χ2n) is 2.70. The number of rotatable bonds is 6. The van der Waals surface area contributed by atoms with E-state index in [0.717, 1.165) is 0 Å². The molecule has 3 unspecified atom stereocenters. The second kappa shape index (κ2) is 5.50. The van der Waals surface area contributed by atoms with Crippen molar-refractivity contribution in [1.29, 1.82) is 0 Å². The summed E-state index contributed by atoms with van der Waals surface area (Å²) in [7, 11) is -4.69. The molecule has 0 rings (SSSR count). The predicted molar refractivity (Wildman–Crippen MR) is 41.7 cm³/mol. The number of alkyl halides is 4.